The molecule has 0 spiro atoms. The minimum absolute atomic E-state index is 0.0440. The van der Waals surface area contributed by atoms with Crippen molar-refractivity contribution in [1.82, 2.24) is 5.32 Å². The zero-order valence-electron chi connectivity index (χ0n) is 10.0. The Morgan fingerprint density at radius 3 is 2.27 bits per heavy atom. The summed E-state index contributed by atoms with van der Waals surface area (Å²) in [5.74, 6) is 0.671. The standard InChI is InChI=1S/C11H22N2OS/c1-5-9(10(12)15)11(14)13-6-8(4)7(2)3/h7-9H,5-6H2,1-4H3,(H2,12,15)(H,13,14). The lowest BCUT2D eigenvalue weighted by atomic mass is 9.97. The fraction of sp³-hybridized carbons (Fsp3) is 0.818. The summed E-state index contributed by atoms with van der Waals surface area (Å²) in [5.41, 5.74) is 5.48. The highest BCUT2D eigenvalue weighted by molar-refractivity contribution is 7.80. The fourth-order valence-electron chi connectivity index (χ4n) is 1.14. The van der Waals surface area contributed by atoms with Crippen molar-refractivity contribution in [3.8, 4) is 0 Å². The van der Waals surface area contributed by atoms with Crippen molar-refractivity contribution in [2.75, 3.05) is 6.54 Å². The first kappa shape index (κ1) is 14.4. The van der Waals surface area contributed by atoms with Gasteiger partial charge in [-0.15, -0.1) is 0 Å². The lowest BCUT2D eigenvalue weighted by Crippen LogP contribution is -2.39. The van der Waals surface area contributed by atoms with Crippen molar-refractivity contribution in [1.29, 1.82) is 0 Å². The predicted octanol–water partition coefficient (Wildman–Crippen LogP) is 1.71. The van der Waals surface area contributed by atoms with Crippen LogP contribution in [0, 0.1) is 17.8 Å². The largest absolute Gasteiger partial charge is 0.393 e. The maximum absolute atomic E-state index is 11.7. The minimum Gasteiger partial charge on any atom is -0.393 e. The number of hydrogen-bond acceptors (Lipinski definition) is 2. The van der Waals surface area contributed by atoms with Crippen molar-refractivity contribution >= 4 is 23.1 Å². The number of hydrogen-bond donors (Lipinski definition) is 2. The van der Waals surface area contributed by atoms with Crippen LogP contribution >= 0.6 is 12.2 Å². The number of carbonyl (C=O) groups is 1. The molecule has 3 nitrogen and oxygen atoms in total. The topological polar surface area (TPSA) is 55.1 Å². The van der Waals surface area contributed by atoms with E-state index in [-0.39, 0.29) is 16.8 Å². The summed E-state index contributed by atoms with van der Waals surface area (Å²) in [6.07, 6.45) is 0.664. The molecule has 2 atom stereocenters. The molecule has 0 fully saturated rings. The van der Waals surface area contributed by atoms with Crippen molar-refractivity contribution in [3.05, 3.63) is 0 Å². The molecule has 0 bridgehead atoms. The van der Waals surface area contributed by atoms with Crippen molar-refractivity contribution < 1.29 is 4.79 Å². The molecule has 4 heteroatoms. The van der Waals surface area contributed by atoms with Crippen LogP contribution in [0.4, 0.5) is 0 Å². The van der Waals surface area contributed by atoms with Crippen LogP contribution in [0.15, 0.2) is 0 Å². The molecule has 0 aromatic rings. The van der Waals surface area contributed by atoms with Crippen molar-refractivity contribution in [3.63, 3.8) is 0 Å². The number of rotatable bonds is 6. The summed E-state index contributed by atoms with van der Waals surface area (Å²) in [5, 5.41) is 2.89. The maximum atomic E-state index is 11.7. The van der Waals surface area contributed by atoms with Gasteiger partial charge in [0, 0.05) is 6.54 Å². The third-order valence-corrected chi connectivity index (χ3v) is 3.09. The molecule has 0 aliphatic rings. The molecular weight excluding hydrogens is 208 g/mol. The van der Waals surface area contributed by atoms with Crippen LogP contribution in [0.1, 0.15) is 34.1 Å². The summed E-state index contributed by atoms with van der Waals surface area (Å²) in [6, 6.07) is 0. The maximum Gasteiger partial charge on any atom is 0.229 e. The van der Waals surface area contributed by atoms with Crippen LogP contribution in [0.5, 0.6) is 0 Å². The molecule has 3 N–H and O–H groups in total. The van der Waals surface area contributed by atoms with E-state index in [0.717, 1.165) is 0 Å². The Kier molecular flexibility index (Phi) is 6.48. The normalized spacial score (nSPS) is 14.7. The van der Waals surface area contributed by atoms with E-state index in [2.05, 4.69) is 26.1 Å². The molecule has 0 saturated carbocycles. The van der Waals surface area contributed by atoms with E-state index < -0.39 is 0 Å². The Morgan fingerprint density at radius 2 is 1.93 bits per heavy atom. The average Bonchev–Trinajstić information content (AvgIpc) is 2.14. The van der Waals surface area contributed by atoms with E-state index in [4.69, 9.17) is 18.0 Å². The van der Waals surface area contributed by atoms with Gasteiger partial charge in [0.25, 0.3) is 0 Å². The monoisotopic (exact) mass is 230 g/mol. The molecule has 0 saturated heterocycles. The van der Waals surface area contributed by atoms with E-state index in [0.29, 0.717) is 24.8 Å². The first-order chi connectivity index (χ1) is 6.90. The Balaban J connectivity index is 4.07. The van der Waals surface area contributed by atoms with Crippen molar-refractivity contribution in [2.45, 2.75) is 34.1 Å². The van der Waals surface area contributed by atoms with Gasteiger partial charge in [0.1, 0.15) is 0 Å². The zero-order valence-corrected chi connectivity index (χ0v) is 10.9. The molecule has 0 aliphatic heterocycles. The zero-order chi connectivity index (χ0) is 12.0. The van der Waals surface area contributed by atoms with Crippen LogP contribution in [0.2, 0.25) is 0 Å². The molecule has 0 aliphatic carbocycles. The molecule has 1 amide bonds. The molecular formula is C11H22N2OS. The molecule has 2 unspecified atom stereocenters. The van der Waals surface area contributed by atoms with Gasteiger partial charge in [0.15, 0.2) is 0 Å². The molecule has 0 aromatic heterocycles. The second kappa shape index (κ2) is 6.77. The highest BCUT2D eigenvalue weighted by atomic mass is 32.1. The summed E-state index contributed by atoms with van der Waals surface area (Å²) in [7, 11) is 0. The van der Waals surface area contributed by atoms with E-state index in [1.54, 1.807) is 0 Å². The molecule has 0 radical (unpaired) electrons. The van der Waals surface area contributed by atoms with E-state index in [9.17, 15) is 4.79 Å². The van der Waals surface area contributed by atoms with Crippen molar-refractivity contribution in [2.24, 2.45) is 23.5 Å². The second-order valence-corrected chi connectivity index (χ2v) is 4.80. The van der Waals surface area contributed by atoms with Gasteiger partial charge < -0.3 is 11.1 Å². The molecule has 0 heterocycles. The highest BCUT2D eigenvalue weighted by Gasteiger charge is 2.19. The van der Waals surface area contributed by atoms with Gasteiger partial charge in [-0.1, -0.05) is 39.9 Å². The number of nitrogens with one attached hydrogen (secondary N) is 1. The van der Waals surface area contributed by atoms with Crippen LogP contribution in [-0.2, 0) is 4.79 Å². The van der Waals surface area contributed by atoms with Gasteiger partial charge in [-0.2, -0.15) is 0 Å². The Labute approximate surface area is 97.8 Å². The molecule has 15 heavy (non-hydrogen) atoms. The molecule has 0 rings (SSSR count). The lowest BCUT2D eigenvalue weighted by Gasteiger charge is -2.18. The van der Waals surface area contributed by atoms with Crippen LogP contribution in [0.3, 0.4) is 0 Å². The van der Waals surface area contributed by atoms with E-state index in [1.807, 2.05) is 6.92 Å². The average molecular weight is 230 g/mol. The fourth-order valence-corrected chi connectivity index (χ4v) is 1.41. The molecule has 88 valence electrons. The van der Waals surface area contributed by atoms with Gasteiger partial charge in [-0.3, -0.25) is 4.79 Å². The first-order valence-corrected chi connectivity index (χ1v) is 5.88. The van der Waals surface area contributed by atoms with Gasteiger partial charge in [-0.25, -0.2) is 0 Å². The Morgan fingerprint density at radius 1 is 1.40 bits per heavy atom. The highest BCUT2D eigenvalue weighted by Crippen LogP contribution is 2.09. The van der Waals surface area contributed by atoms with Crippen LogP contribution < -0.4 is 11.1 Å². The number of nitrogens with two attached hydrogens (primary N) is 1. The van der Waals surface area contributed by atoms with Gasteiger partial charge in [0.05, 0.1) is 10.9 Å². The lowest BCUT2D eigenvalue weighted by molar-refractivity contribution is -0.123. The summed E-state index contributed by atoms with van der Waals surface area (Å²) >= 11 is 4.84. The Bertz CT molecular complexity index is 229. The summed E-state index contributed by atoms with van der Waals surface area (Å²) in [6.45, 7) is 9.00. The van der Waals surface area contributed by atoms with Gasteiger partial charge in [0.2, 0.25) is 5.91 Å². The quantitative estimate of drug-likeness (QED) is 0.683. The second-order valence-electron chi connectivity index (χ2n) is 4.33. The SMILES string of the molecule is CCC(C(=O)NCC(C)C(C)C)C(N)=S. The third-order valence-electron chi connectivity index (χ3n) is 2.80. The first-order valence-electron chi connectivity index (χ1n) is 5.47. The Hall–Kier alpha value is -0.640. The summed E-state index contributed by atoms with van der Waals surface area (Å²) in [4.78, 5) is 11.9. The smallest absolute Gasteiger partial charge is 0.229 e. The minimum atomic E-state index is -0.320. The van der Waals surface area contributed by atoms with Crippen LogP contribution in [0.25, 0.3) is 0 Å². The summed E-state index contributed by atoms with van der Waals surface area (Å²) < 4.78 is 0. The number of carbonyl (C=O) groups excluding carboxylic acids is 1. The van der Waals surface area contributed by atoms with Gasteiger partial charge >= 0.3 is 0 Å². The van der Waals surface area contributed by atoms with E-state index in [1.165, 1.54) is 0 Å². The number of thiocarbonyl (C=S) groups is 1. The van der Waals surface area contributed by atoms with E-state index >= 15 is 0 Å². The molecule has 0 aromatic carbocycles. The van der Waals surface area contributed by atoms with Crippen LogP contribution in [-0.4, -0.2) is 17.4 Å². The number of amides is 1. The van der Waals surface area contributed by atoms with Gasteiger partial charge in [-0.05, 0) is 18.3 Å². The predicted molar refractivity (Wildman–Crippen MR) is 67.6 cm³/mol. The third kappa shape index (κ3) is 5.11.